The van der Waals surface area contributed by atoms with E-state index in [1.165, 1.54) is 0 Å². The van der Waals surface area contributed by atoms with Gasteiger partial charge in [0.15, 0.2) is 0 Å². The van der Waals surface area contributed by atoms with Crippen LogP contribution in [0.15, 0.2) is 18.3 Å². The first-order chi connectivity index (χ1) is 11.2. The number of carbonyl (C=O) groups excluding carboxylic acids is 2. The molecular formula is C17H25N3O3. The molecule has 0 saturated carbocycles. The second-order valence-electron chi connectivity index (χ2n) is 5.65. The summed E-state index contributed by atoms with van der Waals surface area (Å²) in [6.45, 7) is 6.25. The summed E-state index contributed by atoms with van der Waals surface area (Å²) in [4.78, 5) is 30.6. The number of aromatic nitrogens is 1. The number of pyridine rings is 1. The van der Waals surface area contributed by atoms with Gasteiger partial charge < -0.3 is 15.0 Å². The molecule has 6 nitrogen and oxygen atoms in total. The van der Waals surface area contributed by atoms with Crippen molar-refractivity contribution < 1.29 is 14.3 Å². The van der Waals surface area contributed by atoms with Gasteiger partial charge in [-0.2, -0.15) is 0 Å². The van der Waals surface area contributed by atoms with E-state index in [-0.39, 0.29) is 17.7 Å². The maximum absolute atomic E-state index is 12.6. The van der Waals surface area contributed by atoms with E-state index >= 15 is 0 Å². The molecule has 2 rings (SSSR count). The summed E-state index contributed by atoms with van der Waals surface area (Å²) in [5.74, 6) is 0.415. The molecule has 1 aliphatic heterocycles. The molecule has 0 spiro atoms. The Morgan fingerprint density at radius 3 is 2.74 bits per heavy atom. The quantitative estimate of drug-likeness (QED) is 0.869. The summed E-state index contributed by atoms with van der Waals surface area (Å²) in [6, 6.07) is 3.47. The third kappa shape index (κ3) is 4.43. The number of hydrogen-bond donors (Lipinski definition) is 1. The molecule has 23 heavy (non-hydrogen) atoms. The minimum Gasteiger partial charge on any atom is -0.477 e. The van der Waals surface area contributed by atoms with Crippen molar-refractivity contribution in [3.05, 3.63) is 23.9 Å². The van der Waals surface area contributed by atoms with Gasteiger partial charge in [-0.3, -0.25) is 9.59 Å². The van der Waals surface area contributed by atoms with E-state index in [1.54, 1.807) is 23.2 Å². The second kappa shape index (κ2) is 8.50. The van der Waals surface area contributed by atoms with Gasteiger partial charge in [0, 0.05) is 31.7 Å². The van der Waals surface area contributed by atoms with Crippen LogP contribution in [0.1, 0.15) is 43.5 Å². The molecule has 1 fully saturated rings. The van der Waals surface area contributed by atoms with Crippen LogP contribution in [0.25, 0.3) is 0 Å². The number of carbonyl (C=O) groups is 2. The number of hydrogen-bond acceptors (Lipinski definition) is 4. The molecule has 1 N–H and O–H groups in total. The number of amides is 2. The molecule has 0 bridgehead atoms. The molecule has 0 aromatic carbocycles. The van der Waals surface area contributed by atoms with Crippen LogP contribution in [-0.2, 0) is 4.79 Å². The topological polar surface area (TPSA) is 71.5 Å². The first-order valence-corrected chi connectivity index (χ1v) is 8.32. The van der Waals surface area contributed by atoms with Gasteiger partial charge in [0.2, 0.25) is 11.8 Å². The van der Waals surface area contributed by atoms with Crippen LogP contribution < -0.4 is 10.1 Å². The van der Waals surface area contributed by atoms with E-state index in [2.05, 4.69) is 10.3 Å². The first kappa shape index (κ1) is 17.2. The molecular weight excluding hydrogens is 294 g/mol. The average Bonchev–Trinajstić information content (AvgIpc) is 2.60. The third-order valence-corrected chi connectivity index (χ3v) is 3.98. The van der Waals surface area contributed by atoms with Gasteiger partial charge in [0.05, 0.1) is 6.61 Å². The zero-order valence-electron chi connectivity index (χ0n) is 13.9. The Morgan fingerprint density at radius 1 is 1.35 bits per heavy atom. The molecule has 2 heterocycles. The number of likely N-dealkylation sites (tertiary alicyclic amines) is 1. The number of ether oxygens (including phenoxy) is 1. The molecule has 0 atom stereocenters. The van der Waals surface area contributed by atoms with Crippen LogP contribution in [0.5, 0.6) is 5.88 Å². The molecule has 1 aromatic heterocycles. The number of piperidine rings is 1. The lowest BCUT2D eigenvalue weighted by atomic mass is 9.95. The fraction of sp³-hybridized carbons (Fsp3) is 0.588. The van der Waals surface area contributed by atoms with Gasteiger partial charge in [0.25, 0.3) is 5.91 Å². The summed E-state index contributed by atoms with van der Waals surface area (Å²) < 4.78 is 5.43. The Kier molecular flexibility index (Phi) is 6.38. The van der Waals surface area contributed by atoms with Crippen molar-refractivity contribution in [3.63, 3.8) is 0 Å². The van der Waals surface area contributed by atoms with Gasteiger partial charge in [-0.15, -0.1) is 0 Å². The maximum atomic E-state index is 12.6. The monoisotopic (exact) mass is 319 g/mol. The van der Waals surface area contributed by atoms with Crippen molar-refractivity contribution in [1.29, 1.82) is 0 Å². The van der Waals surface area contributed by atoms with E-state index in [9.17, 15) is 9.59 Å². The Balaban J connectivity index is 1.95. The van der Waals surface area contributed by atoms with Gasteiger partial charge in [-0.25, -0.2) is 4.98 Å². The zero-order valence-corrected chi connectivity index (χ0v) is 13.9. The minimum atomic E-state index is -0.0750. The molecule has 1 aliphatic rings. The lowest BCUT2D eigenvalue weighted by molar-refractivity contribution is -0.126. The predicted octanol–water partition coefficient (Wildman–Crippen LogP) is 1.86. The van der Waals surface area contributed by atoms with Gasteiger partial charge in [0.1, 0.15) is 5.56 Å². The summed E-state index contributed by atoms with van der Waals surface area (Å²) in [5.41, 5.74) is 0.489. The van der Waals surface area contributed by atoms with E-state index < -0.39 is 0 Å². The maximum Gasteiger partial charge on any atom is 0.259 e. The molecule has 2 amide bonds. The lowest BCUT2D eigenvalue weighted by Crippen LogP contribution is -2.43. The predicted molar refractivity (Wildman–Crippen MR) is 87.3 cm³/mol. The molecule has 126 valence electrons. The van der Waals surface area contributed by atoms with Crippen LogP contribution in [0.3, 0.4) is 0 Å². The van der Waals surface area contributed by atoms with Crippen LogP contribution in [-0.4, -0.2) is 47.9 Å². The molecule has 6 heteroatoms. The summed E-state index contributed by atoms with van der Waals surface area (Å²) in [5, 5.41) is 2.93. The number of nitrogens with one attached hydrogen (secondary N) is 1. The van der Waals surface area contributed by atoms with Gasteiger partial charge >= 0.3 is 0 Å². The van der Waals surface area contributed by atoms with Crippen molar-refractivity contribution in [3.8, 4) is 5.88 Å². The summed E-state index contributed by atoms with van der Waals surface area (Å²) in [7, 11) is 0. The fourth-order valence-corrected chi connectivity index (χ4v) is 2.71. The zero-order chi connectivity index (χ0) is 16.7. The van der Waals surface area contributed by atoms with Crippen molar-refractivity contribution in [2.75, 3.05) is 26.2 Å². The minimum absolute atomic E-state index is 0.00543. The number of nitrogens with zero attached hydrogens (tertiary/aromatic N) is 2. The molecule has 0 unspecified atom stereocenters. The van der Waals surface area contributed by atoms with Crippen molar-refractivity contribution in [2.45, 2.75) is 33.1 Å². The Morgan fingerprint density at radius 2 is 2.09 bits per heavy atom. The standard InChI is InChI=1S/C17H25N3O3/c1-3-9-18-15(21)13-7-11-20(12-8-13)17(22)14-6-5-10-19-16(14)23-4-2/h5-6,10,13H,3-4,7-9,11-12H2,1-2H3,(H,18,21). The SMILES string of the molecule is CCCNC(=O)C1CCN(C(=O)c2cccnc2OCC)CC1. The third-order valence-electron chi connectivity index (χ3n) is 3.98. The first-order valence-electron chi connectivity index (χ1n) is 8.32. The average molecular weight is 319 g/mol. The highest BCUT2D eigenvalue weighted by Crippen LogP contribution is 2.22. The Labute approximate surface area is 137 Å². The fourth-order valence-electron chi connectivity index (χ4n) is 2.71. The van der Waals surface area contributed by atoms with Crippen molar-refractivity contribution in [1.82, 2.24) is 15.2 Å². The van der Waals surface area contributed by atoms with E-state index in [0.29, 0.717) is 50.5 Å². The molecule has 1 saturated heterocycles. The molecule has 1 aromatic rings. The van der Waals surface area contributed by atoms with Crippen LogP contribution in [0.4, 0.5) is 0 Å². The Bertz CT molecular complexity index is 540. The molecule has 0 radical (unpaired) electrons. The van der Waals surface area contributed by atoms with Crippen molar-refractivity contribution in [2.24, 2.45) is 5.92 Å². The highest BCUT2D eigenvalue weighted by Gasteiger charge is 2.28. The van der Waals surface area contributed by atoms with Crippen LogP contribution in [0.2, 0.25) is 0 Å². The highest BCUT2D eigenvalue weighted by molar-refractivity contribution is 5.96. The van der Waals surface area contributed by atoms with Crippen LogP contribution in [0, 0.1) is 5.92 Å². The number of rotatable bonds is 6. The van der Waals surface area contributed by atoms with Crippen molar-refractivity contribution >= 4 is 11.8 Å². The van der Waals surface area contributed by atoms with E-state index in [0.717, 1.165) is 6.42 Å². The lowest BCUT2D eigenvalue weighted by Gasteiger charge is -2.31. The molecule has 0 aliphatic carbocycles. The van der Waals surface area contributed by atoms with E-state index in [4.69, 9.17) is 4.74 Å². The van der Waals surface area contributed by atoms with Gasteiger partial charge in [-0.1, -0.05) is 6.92 Å². The summed E-state index contributed by atoms with van der Waals surface area (Å²) in [6.07, 6.45) is 3.95. The van der Waals surface area contributed by atoms with Gasteiger partial charge in [-0.05, 0) is 38.3 Å². The smallest absolute Gasteiger partial charge is 0.259 e. The Hall–Kier alpha value is -2.11. The second-order valence-corrected chi connectivity index (χ2v) is 5.65. The highest BCUT2D eigenvalue weighted by atomic mass is 16.5. The normalized spacial score (nSPS) is 15.3. The van der Waals surface area contributed by atoms with E-state index in [1.807, 2.05) is 13.8 Å². The van der Waals surface area contributed by atoms with Crippen LogP contribution >= 0.6 is 0 Å². The largest absolute Gasteiger partial charge is 0.477 e. The summed E-state index contributed by atoms with van der Waals surface area (Å²) >= 11 is 0.